The van der Waals surface area contributed by atoms with Gasteiger partial charge in [-0.2, -0.15) is 0 Å². The molecule has 4 nitrogen and oxygen atoms in total. The van der Waals surface area contributed by atoms with Crippen LogP contribution in [0.15, 0.2) is 42.5 Å². The third-order valence-corrected chi connectivity index (χ3v) is 5.28. The lowest BCUT2D eigenvalue weighted by molar-refractivity contribution is 0.184. The molecule has 0 unspecified atom stereocenters. The van der Waals surface area contributed by atoms with Crippen molar-refractivity contribution >= 4 is 28.6 Å². The second kappa shape index (κ2) is 9.49. The van der Waals surface area contributed by atoms with E-state index in [1.807, 2.05) is 24.3 Å². The fourth-order valence-corrected chi connectivity index (χ4v) is 3.01. The second-order valence-corrected chi connectivity index (χ2v) is 8.01. The molecule has 150 valence electrons. The van der Waals surface area contributed by atoms with Gasteiger partial charge in [0.25, 0.3) is 0 Å². The Morgan fingerprint density at radius 2 is 1.93 bits per heavy atom. The van der Waals surface area contributed by atoms with E-state index < -0.39 is 28.4 Å². The van der Waals surface area contributed by atoms with Crippen molar-refractivity contribution in [2.75, 3.05) is 6.67 Å². The number of ether oxygens (including phenoxy) is 1. The highest BCUT2D eigenvalue weighted by Crippen LogP contribution is 2.26. The van der Waals surface area contributed by atoms with Gasteiger partial charge >= 0.3 is 6.03 Å². The summed E-state index contributed by atoms with van der Waals surface area (Å²) in [4.78, 5) is 13.7. The van der Waals surface area contributed by atoms with Gasteiger partial charge in [0.15, 0.2) is 0 Å². The van der Waals surface area contributed by atoms with Gasteiger partial charge in [-0.1, -0.05) is 40.8 Å². The molecule has 2 aromatic carbocycles. The van der Waals surface area contributed by atoms with E-state index in [0.29, 0.717) is 6.10 Å². The Bertz CT molecular complexity index is 816. The fourth-order valence-electron chi connectivity index (χ4n) is 2.56. The first-order chi connectivity index (χ1) is 13.5. The van der Waals surface area contributed by atoms with Gasteiger partial charge in [0.2, 0.25) is 0 Å². The lowest BCUT2D eigenvalue weighted by Gasteiger charge is -2.27. The maximum Gasteiger partial charge on any atom is 0.318 e. The number of hydrogen-bond donors (Lipinski definition) is 1. The monoisotopic (exact) mass is 504 g/mol. The number of alkyl halides is 2. The Morgan fingerprint density at radius 3 is 2.54 bits per heavy atom. The van der Waals surface area contributed by atoms with Crippen molar-refractivity contribution in [2.45, 2.75) is 36.1 Å². The van der Waals surface area contributed by atoms with Gasteiger partial charge in [0, 0.05) is 18.2 Å². The molecule has 3 rings (SSSR count). The molecule has 0 heterocycles. The van der Waals surface area contributed by atoms with Crippen molar-refractivity contribution in [3.05, 3.63) is 65.2 Å². The molecular formula is C20H20F3IN2O2. The van der Waals surface area contributed by atoms with Crippen LogP contribution in [0.2, 0.25) is 0 Å². The van der Waals surface area contributed by atoms with E-state index in [1.54, 1.807) is 22.6 Å². The Morgan fingerprint density at radius 1 is 1.21 bits per heavy atom. The van der Waals surface area contributed by atoms with Crippen LogP contribution in [0.3, 0.4) is 0 Å². The number of hydrogen-bond acceptors (Lipinski definition) is 2. The van der Waals surface area contributed by atoms with Crippen LogP contribution in [0.5, 0.6) is 5.75 Å². The van der Waals surface area contributed by atoms with Gasteiger partial charge in [0.1, 0.15) is 28.1 Å². The molecule has 1 aliphatic rings. The van der Waals surface area contributed by atoms with Crippen LogP contribution in [0.25, 0.3) is 0 Å². The van der Waals surface area contributed by atoms with E-state index >= 15 is 0 Å². The van der Waals surface area contributed by atoms with Crippen molar-refractivity contribution < 1.29 is 22.7 Å². The number of carbonyl (C=O) groups excluding carboxylic acids is 1. The Hall–Kier alpha value is -1.97. The van der Waals surface area contributed by atoms with E-state index in [1.165, 1.54) is 11.0 Å². The molecule has 0 spiro atoms. The zero-order valence-corrected chi connectivity index (χ0v) is 17.2. The highest BCUT2D eigenvalue weighted by molar-refractivity contribution is 14.1. The van der Waals surface area contributed by atoms with Gasteiger partial charge in [-0.15, -0.1) is 0 Å². The van der Waals surface area contributed by atoms with Gasteiger partial charge in [-0.25, -0.2) is 18.0 Å². The first-order valence-corrected chi connectivity index (χ1v) is 10.1. The van der Waals surface area contributed by atoms with Gasteiger partial charge in [-0.05, 0) is 36.6 Å². The summed E-state index contributed by atoms with van der Waals surface area (Å²) in [6, 6.07) is 9.95. The standard InChI is InChI=1S/C20H20F3IN2O2/c21-10-19(24)26(12-14-3-4-15(22)9-18(14)23)20(27)25-11-13-1-5-16(6-2-13)28-17-7-8-17/h1-6,9,17,19H,7-8,10-12H2,(H,25,27)/t19-/m1/s1. The molecule has 2 aromatic rings. The van der Waals surface area contributed by atoms with Crippen LogP contribution >= 0.6 is 22.6 Å². The molecule has 1 fully saturated rings. The molecule has 0 saturated heterocycles. The largest absolute Gasteiger partial charge is 0.490 e. The Kier molecular flexibility index (Phi) is 7.03. The second-order valence-electron chi connectivity index (χ2n) is 6.57. The zero-order valence-electron chi connectivity index (χ0n) is 15.0. The maximum absolute atomic E-state index is 13.9. The van der Waals surface area contributed by atoms with Crippen LogP contribution in [0.4, 0.5) is 18.0 Å². The summed E-state index contributed by atoms with van der Waals surface area (Å²) >= 11 is 1.78. The molecule has 1 aliphatic carbocycles. The lowest BCUT2D eigenvalue weighted by Crippen LogP contribution is -2.44. The molecule has 0 radical (unpaired) electrons. The zero-order chi connectivity index (χ0) is 20.1. The summed E-state index contributed by atoms with van der Waals surface area (Å²) in [5.41, 5.74) is 0.975. The fraction of sp³-hybridized carbons (Fsp3) is 0.350. The SMILES string of the molecule is O=C(NCc1ccc(OC2CC2)cc1)N(Cc1ccc(F)cc1F)[C@@H](I)CF. The number of urea groups is 1. The van der Waals surface area contributed by atoms with Gasteiger partial charge in [-0.3, -0.25) is 0 Å². The predicted octanol–water partition coefficient (Wildman–Crippen LogP) is 4.95. The van der Waals surface area contributed by atoms with Crippen LogP contribution < -0.4 is 10.1 Å². The summed E-state index contributed by atoms with van der Waals surface area (Å²) in [6.07, 6.45) is 2.47. The Labute approximate surface area is 175 Å². The minimum Gasteiger partial charge on any atom is -0.490 e. The summed E-state index contributed by atoms with van der Waals surface area (Å²) in [5.74, 6) is -0.690. The highest BCUT2D eigenvalue weighted by Gasteiger charge is 2.24. The summed E-state index contributed by atoms with van der Waals surface area (Å²) < 4.78 is 45.1. The van der Waals surface area contributed by atoms with Crippen LogP contribution in [0, 0.1) is 11.6 Å². The van der Waals surface area contributed by atoms with Crippen molar-refractivity contribution in [1.82, 2.24) is 10.2 Å². The van der Waals surface area contributed by atoms with Crippen molar-refractivity contribution in [1.29, 1.82) is 0 Å². The number of nitrogens with one attached hydrogen (secondary N) is 1. The van der Waals surface area contributed by atoms with Crippen molar-refractivity contribution in [3.8, 4) is 5.75 Å². The number of rotatable bonds is 8. The van der Waals surface area contributed by atoms with E-state index in [2.05, 4.69) is 5.32 Å². The number of benzene rings is 2. The minimum absolute atomic E-state index is 0.119. The van der Waals surface area contributed by atoms with Gasteiger partial charge < -0.3 is 15.0 Å². The van der Waals surface area contributed by atoms with Crippen LogP contribution in [-0.4, -0.2) is 27.8 Å². The van der Waals surface area contributed by atoms with E-state index in [9.17, 15) is 18.0 Å². The van der Waals surface area contributed by atoms with E-state index in [4.69, 9.17) is 4.74 Å². The molecule has 0 bridgehead atoms. The predicted molar refractivity (Wildman–Crippen MR) is 108 cm³/mol. The number of halogens is 4. The summed E-state index contributed by atoms with van der Waals surface area (Å²) in [7, 11) is 0. The molecule has 1 N–H and O–H groups in total. The molecule has 8 heteroatoms. The first-order valence-electron chi connectivity index (χ1n) is 8.90. The number of amides is 2. The van der Waals surface area contributed by atoms with E-state index in [-0.39, 0.29) is 18.7 Å². The average molecular weight is 504 g/mol. The topological polar surface area (TPSA) is 41.6 Å². The van der Waals surface area contributed by atoms with E-state index in [0.717, 1.165) is 36.3 Å². The number of nitrogens with zero attached hydrogens (tertiary/aromatic N) is 1. The normalized spacial score (nSPS) is 14.4. The molecular weight excluding hydrogens is 484 g/mol. The molecule has 28 heavy (non-hydrogen) atoms. The van der Waals surface area contributed by atoms with Crippen molar-refractivity contribution in [2.24, 2.45) is 0 Å². The van der Waals surface area contributed by atoms with Crippen molar-refractivity contribution in [3.63, 3.8) is 0 Å². The van der Waals surface area contributed by atoms with Crippen LogP contribution in [0.1, 0.15) is 24.0 Å². The highest BCUT2D eigenvalue weighted by atomic mass is 127. The third kappa shape index (κ3) is 5.76. The first kappa shape index (κ1) is 20.8. The van der Waals surface area contributed by atoms with Gasteiger partial charge in [0.05, 0.1) is 12.6 Å². The molecule has 0 aliphatic heterocycles. The third-order valence-electron chi connectivity index (χ3n) is 4.28. The minimum atomic E-state index is -0.788. The Balaban J connectivity index is 1.60. The summed E-state index contributed by atoms with van der Waals surface area (Å²) in [6.45, 7) is -0.714. The smallest absolute Gasteiger partial charge is 0.318 e. The molecule has 2 amide bonds. The average Bonchev–Trinajstić information content (AvgIpc) is 3.50. The maximum atomic E-state index is 13.9. The molecule has 0 aromatic heterocycles. The lowest BCUT2D eigenvalue weighted by atomic mass is 10.2. The molecule has 1 atom stereocenters. The van der Waals surface area contributed by atoms with Crippen LogP contribution in [-0.2, 0) is 13.1 Å². The number of carbonyl (C=O) groups is 1. The summed E-state index contributed by atoms with van der Waals surface area (Å²) in [5, 5.41) is 2.72. The molecule has 1 saturated carbocycles. The quantitative estimate of drug-likeness (QED) is 0.314.